The van der Waals surface area contributed by atoms with Crippen LogP contribution < -0.4 is 5.56 Å². The molecule has 0 aliphatic heterocycles. The SMILES string of the molecule is CCc1ccc2c(c1)cc(C(C)C#N)c(=O)n2C. The summed E-state index contributed by atoms with van der Waals surface area (Å²) in [6, 6.07) is 10.1. The third-order valence-corrected chi connectivity index (χ3v) is 3.38. The molecule has 0 radical (unpaired) electrons. The first-order chi connectivity index (χ1) is 8.58. The van der Waals surface area contributed by atoms with Crippen LogP contribution in [-0.4, -0.2) is 4.57 Å². The van der Waals surface area contributed by atoms with E-state index in [2.05, 4.69) is 19.1 Å². The largest absolute Gasteiger partial charge is 0.311 e. The topological polar surface area (TPSA) is 45.8 Å². The van der Waals surface area contributed by atoms with E-state index in [-0.39, 0.29) is 11.5 Å². The van der Waals surface area contributed by atoms with Gasteiger partial charge in [-0.25, -0.2) is 0 Å². The molecule has 1 aromatic heterocycles. The van der Waals surface area contributed by atoms with Gasteiger partial charge in [-0.05, 0) is 42.5 Å². The third kappa shape index (κ3) is 1.91. The molecule has 2 rings (SSSR count). The van der Waals surface area contributed by atoms with Gasteiger partial charge in [0.15, 0.2) is 0 Å². The fraction of sp³-hybridized carbons (Fsp3) is 0.333. The molecule has 18 heavy (non-hydrogen) atoms. The molecule has 92 valence electrons. The Labute approximate surface area is 106 Å². The molecule has 1 heterocycles. The van der Waals surface area contributed by atoms with E-state index in [1.807, 2.05) is 18.2 Å². The molecule has 1 atom stereocenters. The summed E-state index contributed by atoms with van der Waals surface area (Å²) in [5.41, 5.74) is 2.63. The van der Waals surface area contributed by atoms with Gasteiger partial charge in [0.25, 0.3) is 5.56 Å². The van der Waals surface area contributed by atoms with Crippen LogP contribution in [0.3, 0.4) is 0 Å². The van der Waals surface area contributed by atoms with E-state index in [9.17, 15) is 4.79 Å². The smallest absolute Gasteiger partial charge is 0.255 e. The Hall–Kier alpha value is -2.08. The molecule has 2 aromatic rings. The predicted octanol–water partition coefficient (Wildman–Crippen LogP) is 2.73. The lowest BCUT2D eigenvalue weighted by molar-refractivity contribution is 0.850. The number of rotatable bonds is 2. The summed E-state index contributed by atoms with van der Waals surface area (Å²) in [6.07, 6.45) is 0.960. The molecular weight excluding hydrogens is 224 g/mol. The first kappa shape index (κ1) is 12.4. The van der Waals surface area contributed by atoms with Gasteiger partial charge >= 0.3 is 0 Å². The van der Waals surface area contributed by atoms with Gasteiger partial charge < -0.3 is 4.57 Å². The first-order valence-electron chi connectivity index (χ1n) is 6.10. The summed E-state index contributed by atoms with van der Waals surface area (Å²) in [4.78, 5) is 12.1. The molecule has 0 spiro atoms. The Bertz CT molecular complexity index is 692. The van der Waals surface area contributed by atoms with Crippen LogP contribution in [0.25, 0.3) is 10.9 Å². The molecule has 0 aliphatic rings. The van der Waals surface area contributed by atoms with Gasteiger partial charge in [0.05, 0.1) is 17.5 Å². The molecule has 0 fully saturated rings. The summed E-state index contributed by atoms with van der Waals surface area (Å²) in [5, 5.41) is 10.0. The summed E-state index contributed by atoms with van der Waals surface area (Å²) in [7, 11) is 1.75. The molecular formula is C15H16N2O. The average molecular weight is 240 g/mol. The number of hydrogen-bond donors (Lipinski definition) is 0. The number of pyridine rings is 1. The second-order valence-corrected chi connectivity index (χ2v) is 4.56. The van der Waals surface area contributed by atoms with Crippen molar-refractivity contribution in [3.05, 3.63) is 45.7 Å². The minimum absolute atomic E-state index is 0.0826. The number of fused-ring (bicyclic) bond motifs is 1. The van der Waals surface area contributed by atoms with Crippen molar-refractivity contribution in [2.45, 2.75) is 26.2 Å². The van der Waals surface area contributed by atoms with E-state index in [0.29, 0.717) is 5.56 Å². The van der Waals surface area contributed by atoms with E-state index in [1.54, 1.807) is 18.5 Å². The van der Waals surface area contributed by atoms with Crippen molar-refractivity contribution < 1.29 is 0 Å². The number of aryl methyl sites for hydroxylation is 2. The lowest BCUT2D eigenvalue weighted by atomic mass is 10.0. The zero-order valence-corrected chi connectivity index (χ0v) is 10.9. The normalized spacial score (nSPS) is 12.3. The summed E-state index contributed by atoms with van der Waals surface area (Å²) >= 11 is 0. The van der Waals surface area contributed by atoms with Gasteiger partial charge in [0.2, 0.25) is 0 Å². The molecule has 3 heteroatoms. The highest BCUT2D eigenvalue weighted by Gasteiger charge is 2.12. The molecule has 0 saturated carbocycles. The van der Waals surface area contributed by atoms with Crippen LogP contribution in [-0.2, 0) is 13.5 Å². The molecule has 0 bridgehead atoms. The summed E-state index contributed by atoms with van der Waals surface area (Å²) < 4.78 is 1.62. The highest BCUT2D eigenvalue weighted by molar-refractivity contribution is 5.80. The fourth-order valence-corrected chi connectivity index (χ4v) is 2.16. The molecule has 1 aromatic carbocycles. The predicted molar refractivity (Wildman–Crippen MR) is 72.6 cm³/mol. The molecule has 0 aliphatic carbocycles. The highest BCUT2D eigenvalue weighted by Crippen LogP contribution is 2.19. The van der Waals surface area contributed by atoms with Gasteiger partial charge in [-0.1, -0.05) is 13.0 Å². The minimum atomic E-state index is -0.376. The monoisotopic (exact) mass is 240 g/mol. The lowest BCUT2D eigenvalue weighted by Gasteiger charge is -2.10. The maximum Gasteiger partial charge on any atom is 0.255 e. The molecule has 3 nitrogen and oxygen atoms in total. The second-order valence-electron chi connectivity index (χ2n) is 4.56. The number of nitriles is 1. The zero-order chi connectivity index (χ0) is 13.3. The number of hydrogen-bond acceptors (Lipinski definition) is 2. The van der Waals surface area contributed by atoms with Gasteiger partial charge in [-0.15, -0.1) is 0 Å². The maximum absolute atomic E-state index is 12.1. The van der Waals surface area contributed by atoms with Crippen LogP contribution in [0.5, 0.6) is 0 Å². The van der Waals surface area contributed by atoms with E-state index >= 15 is 0 Å². The van der Waals surface area contributed by atoms with Crippen molar-refractivity contribution in [2.75, 3.05) is 0 Å². The third-order valence-electron chi connectivity index (χ3n) is 3.38. The van der Waals surface area contributed by atoms with Gasteiger partial charge in [0, 0.05) is 12.6 Å². The number of nitrogens with zero attached hydrogens (tertiary/aromatic N) is 2. The number of aromatic nitrogens is 1. The molecule has 0 N–H and O–H groups in total. The number of benzene rings is 1. The standard InChI is InChI=1S/C15H16N2O/c1-4-11-5-6-14-12(7-11)8-13(10(2)9-16)15(18)17(14)3/h5-8,10H,4H2,1-3H3. The van der Waals surface area contributed by atoms with Crippen LogP contribution in [0.4, 0.5) is 0 Å². The van der Waals surface area contributed by atoms with E-state index < -0.39 is 0 Å². The Balaban J connectivity index is 2.81. The Kier molecular flexibility index (Phi) is 3.20. The van der Waals surface area contributed by atoms with Crippen molar-refractivity contribution in [1.29, 1.82) is 5.26 Å². The van der Waals surface area contributed by atoms with Crippen LogP contribution >= 0.6 is 0 Å². The van der Waals surface area contributed by atoms with Crippen LogP contribution in [0, 0.1) is 11.3 Å². The molecule has 0 amide bonds. The van der Waals surface area contributed by atoms with Crippen LogP contribution in [0.2, 0.25) is 0 Å². The fourth-order valence-electron chi connectivity index (χ4n) is 2.16. The van der Waals surface area contributed by atoms with E-state index in [1.165, 1.54) is 5.56 Å². The zero-order valence-electron chi connectivity index (χ0n) is 10.9. The minimum Gasteiger partial charge on any atom is -0.311 e. The second kappa shape index (κ2) is 4.66. The highest BCUT2D eigenvalue weighted by atomic mass is 16.1. The van der Waals surface area contributed by atoms with Gasteiger partial charge in [-0.2, -0.15) is 5.26 Å². The first-order valence-corrected chi connectivity index (χ1v) is 6.10. The van der Waals surface area contributed by atoms with Crippen molar-refractivity contribution in [3.8, 4) is 6.07 Å². The van der Waals surface area contributed by atoms with E-state index in [4.69, 9.17) is 5.26 Å². The van der Waals surface area contributed by atoms with Crippen molar-refractivity contribution in [2.24, 2.45) is 7.05 Å². The molecule has 0 saturated heterocycles. The van der Waals surface area contributed by atoms with Crippen LogP contribution in [0.15, 0.2) is 29.1 Å². The van der Waals surface area contributed by atoms with Gasteiger partial charge in [0.1, 0.15) is 0 Å². The van der Waals surface area contributed by atoms with Crippen LogP contribution in [0.1, 0.15) is 30.9 Å². The van der Waals surface area contributed by atoms with Crippen molar-refractivity contribution in [1.82, 2.24) is 4.57 Å². The quantitative estimate of drug-likeness (QED) is 0.810. The Morgan fingerprint density at radius 3 is 2.72 bits per heavy atom. The molecule has 1 unspecified atom stereocenters. The Morgan fingerprint density at radius 1 is 1.39 bits per heavy atom. The van der Waals surface area contributed by atoms with Crippen molar-refractivity contribution >= 4 is 10.9 Å². The summed E-state index contributed by atoms with van der Waals surface area (Å²) in [6.45, 7) is 3.86. The Morgan fingerprint density at radius 2 is 2.11 bits per heavy atom. The maximum atomic E-state index is 12.1. The average Bonchev–Trinajstić information content (AvgIpc) is 2.41. The lowest BCUT2D eigenvalue weighted by Crippen LogP contribution is -2.22. The van der Waals surface area contributed by atoms with Crippen molar-refractivity contribution in [3.63, 3.8) is 0 Å². The summed E-state index contributed by atoms with van der Waals surface area (Å²) in [5.74, 6) is -0.376. The van der Waals surface area contributed by atoms with E-state index in [0.717, 1.165) is 17.3 Å². The van der Waals surface area contributed by atoms with Gasteiger partial charge in [-0.3, -0.25) is 4.79 Å².